The molecule has 0 spiro atoms. The molecule has 2 aromatic rings. The van der Waals surface area contributed by atoms with E-state index in [0.29, 0.717) is 5.56 Å². The summed E-state index contributed by atoms with van der Waals surface area (Å²) in [5.41, 5.74) is 1.43. The largest absolute Gasteiger partial charge is 0.465 e. The van der Waals surface area contributed by atoms with Crippen molar-refractivity contribution in [2.75, 3.05) is 7.11 Å². The molecule has 0 atom stereocenters. The smallest absolute Gasteiger partial charge is 0.344 e. The molecule has 2 aromatic heterocycles. The summed E-state index contributed by atoms with van der Waals surface area (Å²) >= 11 is 0. The van der Waals surface area contributed by atoms with Gasteiger partial charge in [-0.05, 0) is 12.1 Å². The predicted molar refractivity (Wildman–Crippen MR) is 50.9 cm³/mol. The molecule has 14 heavy (non-hydrogen) atoms. The summed E-state index contributed by atoms with van der Waals surface area (Å²) in [7, 11) is 1.38. The molecule has 0 radical (unpaired) electrons. The Morgan fingerprint density at radius 2 is 2.00 bits per heavy atom. The summed E-state index contributed by atoms with van der Waals surface area (Å²) < 4.78 is 6.57. The molecule has 0 aliphatic rings. The lowest BCUT2D eigenvalue weighted by Gasteiger charge is -1.98. The number of methoxy groups -OCH3 is 1. The van der Waals surface area contributed by atoms with Crippen LogP contribution in [-0.2, 0) is 4.74 Å². The van der Waals surface area contributed by atoms with Gasteiger partial charge in [0.2, 0.25) is 5.52 Å². The maximum absolute atomic E-state index is 11.4. The summed E-state index contributed by atoms with van der Waals surface area (Å²) in [5, 5.41) is 0. The van der Waals surface area contributed by atoms with Crippen molar-refractivity contribution in [3.05, 3.63) is 48.3 Å². The minimum Gasteiger partial charge on any atom is -0.465 e. The second-order valence-electron chi connectivity index (χ2n) is 2.91. The molecule has 0 amide bonds. The van der Waals surface area contributed by atoms with Crippen molar-refractivity contribution in [3.8, 4) is 0 Å². The Bertz CT molecular complexity index is 474. The number of hydrogen-bond donors (Lipinski definition) is 0. The van der Waals surface area contributed by atoms with Crippen LogP contribution in [0.2, 0.25) is 0 Å². The van der Waals surface area contributed by atoms with Crippen LogP contribution in [-0.4, -0.2) is 13.1 Å². The Kier molecular flexibility index (Phi) is 2.14. The first-order valence-electron chi connectivity index (χ1n) is 4.30. The number of ether oxygens (including phenoxy) is 1. The van der Waals surface area contributed by atoms with E-state index in [2.05, 4.69) is 0 Å². The molecule has 0 unspecified atom stereocenters. The zero-order chi connectivity index (χ0) is 9.97. The Morgan fingerprint density at radius 1 is 1.21 bits per heavy atom. The van der Waals surface area contributed by atoms with Gasteiger partial charge in [-0.15, -0.1) is 0 Å². The van der Waals surface area contributed by atoms with Crippen LogP contribution in [0.4, 0.5) is 0 Å². The number of pyridine rings is 2. The van der Waals surface area contributed by atoms with E-state index >= 15 is 0 Å². The Hall–Kier alpha value is -1.90. The fourth-order valence-corrected chi connectivity index (χ4v) is 1.41. The molecule has 0 aliphatic heterocycles. The molecule has 0 aromatic carbocycles. The Labute approximate surface area is 81.6 Å². The SMILES string of the molecule is COC(=O)c1ccc[n+]2ccccc12. The van der Waals surface area contributed by atoms with E-state index in [1.165, 1.54) is 7.11 Å². The van der Waals surface area contributed by atoms with Crippen molar-refractivity contribution in [2.45, 2.75) is 0 Å². The van der Waals surface area contributed by atoms with Gasteiger partial charge in [0.05, 0.1) is 7.11 Å². The summed E-state index contributed by atoms with van der Waals surface area (Å²) in [6.07, 6.45) is 3.78. The van der Waals surface area contributed by atoms with E-state index in [1.807, 2.05) is 41.1 Å². The number of carbonyl (C=O) groups excluding carboxylic acids is 1. The molecule has 3 heteroatoms. The van der Waals surface area contributed by atoms with Crippen LogP contribution < -0.4 is 4.40 Å². The molecule has 0 bridgehead atoms. The average molecular weight is 188 g/mol. The van der Waals surface area contributed by atoms with Gasteiger partial charge in [0.15, 0.2) is 12.4 Å². The third-order valence-electron chi connectivity index (χ3n) is 2.08. The first kappa shape index (κ1) is 8.69. The summed E-state index contributed by atoms with van der Waals surface area (Å²) in [5.74, 6) is -0.311. The summed E-state index contributed by atoms with van der Waals surface area (Å²) in [6.45, 7) is 0. The quantitative estimate of drug-likeness (QED) is 0.497. The lowest BCUT2D eigenvalue weighted by atomic mass is 10.2. The van der Waals surface area contributed by atoms with E-state index in [9.17, 15) is 4.79 Å². The minimum absolute atomic E-state index is 0.311. The van der Waals surface area contributed by atoms with Crippen molar-refractivity contribution in [1.29, 1.82) is 0 Å². The topological polar surface area (TPSA) is 30.4 Å². The van der Waals surface area contributed by atoms with E-state index in [4.69, 9.17) is 4.74 Å². The highest BCUT2D eigenvalue weighted by atomic mass is 16.5. The maximum atomic E-state index is 11.4. The van der Waals surface area contributed by atoms with Gasteiger partial charge in [0.25, 0.3) is 0 Å². The number of fused-ring (bicyclic) bond motifs is 1. The van der Waals surface area contributed by atoms with E-state index < -0.39 is 0 Å². The fraction of sp³-hybridized carbons (Fsp3) is 0.0909. The van der Waals surface area contributed by atoms with Gasteiger partial charge in [-0.25, -0.2) is 4.79 Å². The Balaban J connectivity index is 2.71. The molecule has 0 aliphatic carbocycles. The van der Waals surface area contributed by atoms with E-state index in [0.717, 1.165) is 5.52 Å². The third kappa shape index (κ3) is 1.33. The molecular weight excluding hydrogens is 178 g/mol. The van der Waals surface area contributed by atoms with Crippen molar-refractivity contribution in [3.63, 3.8) is 0 Å². The van der Waals surface area contributed by atoms with Crippen LogP contribution in [0.5, 0.6) is 0 Å². The first-order chi connectivity index (χ1) is 6.83. The fourth-order valence-electron chi connectivity index (χ4n) is 1.41. The molecule has 70 valence electrons. The summed E-state index contributed by atoms with van der Waals surface area (Å²) in [4.78, 5) is 11.4. The summed E-state index contributed by atoms with van der Waals surface area (Å²) in [6, 6.07) is 9.25. The van der Waals surface area contributed by atoms with Crippen LogP contribution in [0.15, 0.2) is 42.7 Å². The molecular formula is C11H10NO2+. The second-order valence-corrected chi connectivity index (χ2v) is 2.91. The van der Waals surface area contributed by atoms with Gasteiger partial charge in [0.1, 0.15) is 5.56 Å². The van der Waals surface area contributed by atoms with E-state index in [1.54, 1.807) is 6.07 Å². The van der Waals surface area contributed by atoms with Gasteiger partial charge < -0.3 is 4.74 Å². The van der Waals surface area contributed by atoms with Crippen LogP contribution in [0, 0.1) is 0 Å². The monoisotopic (exact) mass is 188 g/mol. The number of carbonyl (C=O) groups is 1. The molecule has 0 saturated carbocycles. The first-order valence-corrected chi connectivity index (χ1v) is 4.30. The highest BCUT2D eigenvalue weighted by Gasteiger charge is 2.14. The van der Waals surface area contributed by atoms with Gasteiger partial charge in [0, 0.05) is 18.2 Å². The van der Waals surface area contributed by atoms with Gasteiger partial charge in [-0.2, -0.15) is 4.40 Å². The molecule has 2 heterocycles. The number of nitrogens with zero attached hydrogens (tertiary/aromatic N) is 1. The Morgan fingerprint density at radius 3 is 2.79 bits per heavy atom. The second kappa shape index (κ2) is 3.46. The van der Waals surface area contributed by atoms with Crippen LogP contribution in [0.25, 0.3) is 5.52 Å². The average Bonchev–Trinajstić information content (AvgIpc) is 2.27. The van der Waals surface area contributed by atoms with Crippen LogP contribution >= 0.6 is 0 Å². The number of esters is 1. The number of hydrogen-bond acceptors (Lipinski definition) is 2. The van der Waals surface area contributed by atoms with Crippen molar-refractivity contribution in [2.24, 2.45) is 0 Å². The molecule has 2 rings (SSSR count). The minimum atomic E-state index is -0.311. The van der Waals surface area contributed by atoms with E-state index in [-0.39, 0.29) is 5.97 Å². The highest BCUT2D eigenvalue weighted by molar-refractivity contribution is 5.95. The molecule has 0 fully saturated rings. The zero-order valence-electron chi connectivity index (χ0n) is 7.81. The maximum Gasteiger partial charge on any atom is 0.344 e. The van der Waals surface area contributed by atoms with Crippen LogP contribution in [0.3, 0.4) is 0 Å². The van der Waals surface area contributed by atoms with Crippen molar-refractivity contribution >= 4 is 11.5 Å². The third-order valence-corrected chi connectivity index (χ3v) is 2.08. The van der Waals surface area contributed by atoms with Crippen molar-refractivity contribution in [1.82, 2.24) is 0 Å². The normalized spacial score (nSPS) is 10.1. The van der Waals surface area contributed by atoms with Crippen molar-refractivity contribution < 1.29 is 13.9 Å². The molecule has 0 N–H and O–H groups in total. The lowest BCUT2D eigenvalue weighted by molar-refractivity contribution is -0.512. The highest BCUT2D eigenvalue weighted by Crippen LogP contribution is 2.06. The lowest BCUT2D eigenvalue weighted by Crippen LogP contribution is -2.23. The van der Waals surface area contributed by atoms with Gasteiger partial charge in [-0.3, -0.25) is 0 Å². The number of aromatic nitrogens is 1. The van der Waals surface area contributed by atoms with Gasteiger partial charge >= 0.3 is 5.97 Å². The zero-order valence-corrected chi connectivity index (χ0v) is 7.81. The number of rotatable bonds is 1. The van der Waals surface area contributed by atoms with Crippen LogP contribution in [0.1, 0.15) is 10.4 Å². The standard InChI is InChI=1S/C11H10NO2/c1-14-11(13)9-5-4-8-12-7-3-2-6-10(9)12/h2-8H,1H3/q+1. The molecule has 3 nitrogen and oxygen atoms in total. The van der Waals surface area contributed by atoms with Gasteiger partial charge in [-0.1, -0.05) is 0 Å². The predicted octanol–water partition coefficient (Wildman–Crippen LogP) is 1.21. The molecule has 0 saturated heterocycles.